The first-order valence-electron chi connectivity index (χ1n) is 9.07. The van der Waals surface area contributed by atoms with Crippen LogP contribution in [0.5, 0.6) is 0 Å². The third-order valence-electron chi connectivity index (χ3n) is 4.95. The predicted molar refractivity (Wildman–Crippen MR) is 107 cm³/mol. The number of nitrogens with one attached hydrogen (secondary N) is 1. The van der Waals surface area contributed by atoms with Gasteiger partial charge in [-0.05, 0) is 35.6 Å². The summed E-state index contributed by atoms with van der Waals surface area (Å²) in [5, 5.41) is 13.6. The van der Waals surface area contributed by atoms with Gasteiger partial charge in [0.2, 0.25) is 0 Å². The van der Waals surface area contributed by atoms with Crippen molar-refractivity contribution in [3.8, 4) is 0 Å². The fourth-order valence-corrected chi connectivity index (χ4v) is 3.33. The topological polar surface area (TPSA) is 75.5 Å². The molecule has 140 valence electrons. The minimum Gasteiger partial charge on any atom is -0.367 e. The lowest BCUT2D eigenvalue weighted by molar-refractivity contribution is -0.384. The molecule has 0 aliphatic carbocycles. The molecule has 2 aromatic rings. The van der Waals surface area contributed by atoms with E-state index >= 15 is 0 Å². The van der Waals surface area contributed by atoms with E-state index in [1.165, 1.54) is 35.9 Å². The van der Waals surface area contributed by atoms with Gasteiger partial charge in [-0.1, -0.05) is 37.3 Å². The molecule has 0 radical (unpaired) electrons. The number of non-ortho nitro benzene ring substituents is 1. The summed E-state index contributed by atoms with van der Waals surface area (Å²) in [6.07, 6.45) is 4.05. The molecule has 0 aromatic heterocycles. The van der Waals surface area contributed by atoms with Crippen LogP contribution in [-0.4, -0.2) is 31.0 Å². The zero-order chi connectivity index (χ0) is 19.4. The lowest BCUT2D eigenvalue weighted by Crippen LogP contribution is -2.31. The number of hydrogen-bond acceptors (Lipinski definition) is 4. The van der Waals surface area contributed by atoms with Gasteiger partial charge < -0.3 is 10.2 Å². The average molecular weight is 365 g/mol. The summed E-state index contributed by atoms with van der Waals surface area (Å²) < 4.78 is 0. The molecule has 0 saturated carbocycles. The number of amides is 1. The Morgan fingerprint density at radius 1 is 1.22 bits per heavy atom. The largest absolute Gasteiger partial charge is 0.367 e. The van der Waals surface area contributed by atoms with Crippen molar-refractivity contribution in [3.63, 3.8) is 0 Å². The molecule has 3 rings (SSSR count). The lowest BCUT2D eigenvalue weighted by atomic mass is 9.97. The third kappa shape index (κ3) is 4.00. The minimum absolute atomic E-state index is 0.0818. The molecule has 1 N–H and O–H groups in total. The number of aryl methyl sites for hydroxylation is 1. The second kappa shape index (κ2) is 8.03. The highest BCUT2D eigenvalue weighted by molar-refractivity contribution is 6.00. The standard InChI is InChI=1S/C21H23N3O3/c1-3-15-4-6-16(7-5-15)17-10-12-23(13-11-17)20-9-8-18(24(26)27)14-19(20)21(25)22-2/h4-10,14H,3,11-13H2,1-2H3,(H,22,25). The van der Waals surface area contributed by atoms with Gasteiger partial charge in [-0.2, -0.15) is 0 Å². The lowest BCUT2D eigenvalue weighted by Gasteiger charge is -2.30. The fraction of sp³-hybridized carbons (Fsp3) is 0.286. The third-order valence-corrected chi connectivity index (χ3v) is 4.95. The Bertz CT molecular complexity index is 888. The van der Waals surface area contributed by atoms with Crippen LogP contribution >= 0.6 is 0 Å². The van der Waals surface area contributed by atoms with Gasteiger partial charge in [0.05, 0.1) is 16.2 Å². The number of hydrogen-bond donors (Lipinski definition) is 1. The molecule has 6 nitrogen and oxygen atoms in total. The second-order valence-electron chi connectivity index (χ2n) is 6.51. The van der Waals surface area contributed by atoms with Gasteiger partial charge in [0, 0.05) is 32.3 Å². The highest BCUT2D eigenvalue weighted by Crippen LogP contribution is 2.30. The molecule has 0 spiro atoms. The van der Waals surface area contributed by atoms with Gasteiger partial charge in [-0.15, -0.1) is 0 Å². The first-order valence-corrected chi connectivity index (χ1v) is 9.07. The van der Waals surface area contributed by atoms with E-state index in [9.17, 15) is 14.9 Å². The van der Waals surface area contributed by atoms with Crippen LogP contribution in [-0.2, 0) is 6.42 Å². The summed E-state index contributed by atoms with van der Waals surface area (Å²) in [4.78, 5) is 24.9. The predicted octanol–water partition coefficient (Wildman–Crippen LogP) is 3.81. The smallest absolute Gasteiger partial charge is 0.270 e. The van der Waals surface area contributed by atoms with Crippen LogP contribution in [0, 0.1) is 10.1 Å². The number of nitrogens with zero attached hydrogens (tertiary/aromatic N) is 2. The average Bonchev–Trinajstić information content (AvgIpc) is 2.73. The quantitative estimate of drug-likeness (QED) is 0.646. The van der Waals surface area contributed by atoms with Crippen LogP contribution in [0.15, 0.2) is 48.5 Å². The van der Waals surface area contributed by atoms with Gasteiger partial charge in [0.25, 0.3) is 11.6 Å². The van der Waals surface area contributed by atoms with Crippen LogP contribution in [0.1, 0.15) is 34.8 Å². The molecule has 2 aromatic carbocycles. The molecule has 0 unspecified atom stereocenters. The van der Waals surface area contributed by atoms with Gasteiger partial charge in [0.15, 0.2) is 0 Å². The van der Waals surface area contributed by atoms with Gasteiger partial charge in [0.1, 0.15) is 0 Å². The first kappa shape index (κ1) is 18.6. The van der Waals surface area contributed by atoms with Crippen molar-refractivity contribution in [3.05, 3.63) is 75.3 Å². The molecule has 6 heteroatoms. The van der Waals surface area contributed by atoms with E-state index in [2.05, 4.69) is 47.5 Å². The molecule has 27 heavy (non-hydrogen) atoms. The van der Waals surface area contributed by atoms with E-state index in [4.69, 9.17) is 0 Å². The number of nitro groups is 1. The highest BCUT2D eigenvalue weighted by atomic mass is 16.6. The Morgan fingerprint density at radius 2 is 1.96 bits per heavy atom. The molecule has 1 amide bonds. The van der Waals surface area contributed by atoms with Crippen molar-refractivity contribution in [1.29, 1.82) is 0 Å². The molecule has 1 heterocycles. The first-order chi connectivity index (χ1) is 13.0. The molecular weight excluding hydrogens is 342 g/mol. The van der Waals surface area contributed by atoms with E-state index < -0.39 is 4.92 Å². The van der Waals surface area contributed by atoms with E-state index in [0.29, 0.717) is 12.1 Å². The van der Waals surface area contributed by atoms with Gasteiger partial charge in [-0.25, -0.2) is 0 Å². The van der Waals surface area contributed by atoms with Crippen molar-refractivity contribution in [2.24, 2.45) is 0 Å². The summed E-state index contributed by atoms with van der Waals surface area (Å²) in [5.41, 5.74) is 4.80. The maximum absolute atomic E-state index is 12.2. The van der Waals surface area contributed by atoms with E-state index in [0.717, 1.165) is 25.1 Å². The number of carbonyl (C=O) groups excluding carboxylic acids is 1. The number of carbonyl (C=O) groups is 1. The van der Waals surface area contributed by atoms with E-state index in [-0.39, 0.29) is 11.6 Å². The van der Waals surface area contributed by atoms with E-state index in [1.54, 1.807) is 6.07 Å². The Hall–Kier alpha value is -3.15. The van der Waals surface area contributed by atoms with Crippen molar-refractivity contribution in [2.45, 2.75) is 19.8 Å². The summed E-state index contributed by atoms with van der Waals surface area (Å²) in [6.45, 7) is 3.55. The summed E-state index contributed by atoms with van der Waals surface area (Å²) in [7, 11) is 1.53. The van der Waals surface area contributed by atoms with Crippen LogP contribution < -0.4 is 10.2 Å². The SMILES string of the molecule is CCc1ccc(C2=CCN(c3ccc([N+](=O)[O-])cc3C(=O)NC)CC2)cc1. The number of nitro benzene ring substituents is 1. The fourth-order valence-electron chi connectivity index (χ4n) is 3.33. The molecule has 0 atom stereocenters. The van der Waals surface area contributed by atoms with Crippen LogP contribution in [0.3, 0.4) is 0 Å². The van der Waals surface area contributed by atoms with Gasteiger partial charge >= 0.3 is 0 Å². The van der Waals surface area contributed by atoms with Crippen molar-refractivity contribution in [2.75, 3.05) is 25.0 Å². The minimum atomic E-state index is -0.482. The Balaban J connectivity index is 1.85. The maximum atomic E-state index is 12.2. The summed E-state index contributed by atoms with van der Waals surface area (Å²) >= 11 is 0. The van der Waals surface area contributed by atoms with Crippen molar-refractivity contribution >= 4 is 22.9 Å². The van der Waals surface area contributed by atoms with Crippen LogP contribution in [0.25, 0.3) is 5.57 Å². The van der Waals surface area contributed by atoms with E-state index in [1.807, 2.05) is 0 Å². The number of anilines is 1. The van der Waals surface area contributed by atoms with Crippen LogP contribution in [0.4, 0.5) is 11.4 Å². The number of benzene rings is 2. The highest BCUT2D eigenvalue weighted by Gasteiger charge is 2.21. The molecular formula is C21H23N3O3. The normalized spacial score (nSPS) is 13.9. The molecule has 0 saturated heterocycles. The number of rotatable bonds is 5. The Labute approximate surface area is 158 Å². The Kier molecular flexibility index (Phi) is 5.54. The maximum Gasteiger partial charge on any atom is 0.270 e. The van der Waals surface area contributed by atoms with Crippen LogP contribution in [0.2, 0.25) is 0 Å². The van der Waals surface area contributed by atoms with Gasteiger partial charge in [-0.3, -0.25) is 14.9 Å². The molecule has 0 fully saturated rings. The summed E-state index contributed by atoms with van der Waals surface area (Å²) in [6, 6.07) is 13.1. The summed E-state index contributed by atoms with van der Waals surface area (Å²) in [5.74, 6) is -0.321. The van der Waals surface area contributed by atoms with Crippen molar-refractivity contribution in [1.82, 2.24) is 5.32 Å². The Morgan fingerprint density at radius 3 is 2.52 bits per heavy atom. The molecule has 1 aliphatic heterocycles. The molecule has 0 bridgehead atoms. The second-order valence-corrected chi connectivity index (χ2v) is 6.51. The van der Waals surface area contributed by atoms with Crippen molar-refractivity contribution < 1.29 is 9.72 Å². The monoisotopic (exact) mass is 365 g/mol. The molecule has 1 aliphatic rings. The zero-order valence-corrected chi connectivity index (χ0v) is 15.6. The zero-order valence-electron chi connectivity index (χ0n) is 15.6.